The molecular formula is C9H11N3. The predicted molar refractivity (Wildman–Crippen MR) is 47.7 cm³/mol. The summed E-state index contributed by atoms with van der Waals surface area (Å²) in [5, 5.41) is 11.8. The number of anilines is 1. The van der Waals surface area contributed by atoms with Crippen molar-refractivity contribution in [2.24, 2.45) is 0 Å². The molecule has 0 radical (unpaired) electrons. The van der Waals surface area contributed by atoms with Gasteiger partial charge >= 0.3 is 0 Å². The summed E-state index contributed by atoms with van der Waals surface area (Å²) in [7, 11) is 0. The maximum atomic E-state index is 8.68. The summed E-state index contributed by atoms with van der Waals surface area (Å²) >= 11 is 0. The third-order valence-corrected chi connectivity index (χ3v) is 1.36. The molecule has 0 saturated heterocycles. The van der Waals surface area contributed by atoms with Gasteiger partial charge in [0.05, 0.1) is 5.69 Å². The van der Waals surface area contributed by atoms with Crippen molar-refractivity contribution in [2.45, 2.75) is 19.9 Å². The third-order valence-electron chi connectivity index (χ3n) is 1.36. The van der Waals surface area contributed by atoms with E-state index in [0.29, 0.717) is 11.7 Å². The van der Waals surface area contributed by atoms with Crippen LogP contribution < -0.4 is 5.32 Å². The van der Waals surface area contributed by atoms with Gasteiger partial charge in [0.25, 0.3) is 0 Å². The van der Waals surface area contributed by atoms with Gasteiger partial charge in [-0.2, -0.15) is 5.26 Å². The van der Waals surface area contributed by atoms with Gasteiger partial charge in [0, 0.05) is 12.2 Å². The number of nitriles is 1. The largest absolute Gasteiger partial charge is 0.381 e. The molecule has 1 heterocycles. The fourth-order valence-corrected chi connectivity index (χ4v) is 0.922. The smallest absolute Gasteiger partial charge is 0.163 e. The van der Waals surface area contributed by atoms with Crippen molar-refractivity contribution in [1.82, 2.24) is 4.98 Å². The average molecular weight is 161 g/mol. The summed E-state index contributed by atoms with van der Waals surface area (Å²) in [5.74, 6) is 0. The van der Waals surface area contributed by atoms with Gasteiger partial charge in [0.1, 0.15) is 6.07 Å². The second-order valence-corrected chi connectivity index (χ2v) is 2.81. The van der Waals surface area contributed by atoms with E-state index in [1.807, 2.05) is 32.0 Å². The van der Waals surface area contributed by atoms with E-state index in [1.54, 1.807) is 6.20 Å². The van der Waals surface area contributed by atoms with E-state index < -0.39 is 0 Å². The standard InChI is InChI=1S/C9H11N3/c1-7(2)12-8-4-3-5-11-9(8)6-10/h3-5,7,12H,1-2H3. The summed E-state index contributed by atoms with van der Waals surface area (Å²) in [5.41, 5.74) is 1.25. The van der Waals surface area contributed by atoms with Gasteiger partial charge < -0.3 is 5.32 Å². The molecule has 0 bridgehead atoms. The monoisotopic (exact) mass is 161 g/mol. The first-order valence-electron chi connectivity index (χ1n) is 3.85. The van der Waals surface area contributed by atoms with E-state index in [0.717, 1.165) is 5.69 Å². The van der Waals surface area contributed by atoms with Crippen molar-refractivity contribution in [3.63, 3.8) is 0 Å². The van der Waals surface area contributed by atoms with E-state index in [1.165, 1.54) is 0 Å². The molecule has 0 aliphatic carbocycles. The van der Waals surface area contributed by atoms with Gasteiger partial charge in [-0.05, 0) is 26.0 Å². The Hall–Kier alpha value is -1.56. The summed E-state index contributed by atoms with van der Waals surface area (Å²) in [6, 6.07) is 6.01. The van der Waals surface area contributed by atoms with Gasteiger partial charge in [-0.15, -0.1) is 0 Å². The van der Waals surface area contributed by atoms with Crippen LogP contribution in [0.25, 0.3) is 0 Å². The molecule has 0 amide bonds. The minimum absolute atomic E-state index is 0.321. The van der Waals surface area contributed by atoms with E-state index in [9.17, 15) is 0 Å². The maximum Gasteiger partial charge on any atom is 0.163 e. The molecule has 1 rings (SSSR count). The Labute approximate surface area is 72.1 Å². The lowest BCUT2D eigenvalue weighted by Gasteiger charge is -2.09. The van der Waals surface area contributed by atoms with Crippen molar-refractivity contribution in [2.75, 3.05) is 5.32 Å². The predicted octanol–water partition coefficient (Wildman–Crippen LogP) is 1.77. The summed E-state index contributed by atoms with van der Waals surface area (Å²) < 4.78 is 0. The minimum atomic E-state index is 0.321. The van der Waals surface area contributed by atoms with Crippen LogP contribution in [-0.4, -0.2) is 11.0 Å². The van der Waals surface area contributed by atoms with Gasteiger partial charge in [-0.25, -0.2) is 4.98 Å². The van der Waals surface area contributed by atoms with Crippen LogP contribution in [0.3, 0.4) is 0 Å². The zero-order chi connectivity index (χ0) is 8.97. The van der Waals surface area contributed by atoms with Crippen LogP contribution in [0, 0.1) is 11.3 Å². The van der Waals surface area contributed by atoms with Crippen LogP contribution >= 0.6 is 0 Å². The Balaban J connectivity index is 2.91. The molecule has 0 aliphatic rings. The van der Waals surface area contributed by atoms with Crippen molar-refractivity contribution < 1.29 is 0 Å². The number of pyridine rings is 1. The zero-order valence-corrected chi connectivity index (χ0v) is 7.20. The normalized spacial score (nSPS) is 9.50. The van der Waals surface area contributed by atoms with Crippen molar-refractivity contribution in [1.29, 1.82) is 5.26 Å². The topological polar surface area (TPSA) is 48.7 Å². The van der Waals surface area contributed by atoms with Gasteiger partial charge in [-0.1, -0.05) is 0 Å². The Morgan fingerprint density at radius 1 is 1.58 bits per heavy atom. The second-order valence-electron chi connectivity index (χ2n) is 2.81. The molecule has 1 N–H and O–H groups in total. The highest BCUT2D eigenvalue weighted by molar-refractivity contribution is 5.53. The number of hydrogen-bond donors (Lipinski definition) is 1. The number of nitrogens with one attached hydrogen (secondary N) is 1. The van der Waals surface area contributed by atoms with Gasteiger partial charge in [-0.3, -0.25) is 0 Å². The third kappa shape index (κ3) is 1.96. The molecule has 0 unspecified atom stereocenters. The highest BCUT2D eigenvalue weighted by Gasteiger charge is 2.01. The fraction of sp³-hybridized carbons (Fsp3) is 0.333. The number of aromatic nitrogens is 1. The molecule has 3 nitrogen and oxygen atoms in total. The molecule has 0 aromatic carbocycles. The Morgan fingerprint density at radius 3 is 2.92 bits per heavy atom. The van der Waals surface area contributed by atoms with Crippen LogP contribution in [0.15, 0.2) is 18.3 Å². The minimum Gasteiger partial charge on any atom is -0.381 e. The highest BCUT2D eigenvalue weighted by atomic mass is 14.9. The van der Waals surface area contributed by atoms with E-state index in [4.69, 9.17) is 5.26 Å². The van der Waals surface area contributed by atoms with E-state index >= 15 is 0 Å². The summed E-state index contributed by atoms with van der Waals surface area (Å²) in [6.45, 7) is 4.04. The van der Waals surface area contributed by atoms with E-state index in [2.05, 4.69) is 10.3 Å². The molecule has 0 saturated carbocycles. The molecule has 62 valence electrons. The Morgan fingerprint density at radius 2 is 2.33 bits per heavy atom. The second kappa shape index (κ2) is 3.72. The maximum absolute atomic E-state index is 8.68. The van der Waals surface area contributed by atoms with Gasteiger partial charge in [0.2, 0.25) is 0 Å². The molecule has 1 aromatic heterocycles. The first-order valence-corrected chi connectivity index (χ1v) is 3.85. The summed E-state index contributed by atoms with van der Waals surface area (Å²) in [4.78, 5) is 3.93. The lowest BCUT2D eigenvalue weighted by molar-refractivity contribution is 0.896. The van der Waals surface area contributed by atoms with Gasteiger partial charge in [0.15, 0.2) is 5.69 Å². The quantitative estimate of drug-likeness (QED) is 0.719. The van der Waals surface area contributed by atoms with Crippen molar-refractivity contribution >= 4 is 5.69 Å². The Kier molecular flexibility index (Phi) is 2.65. The lowest BCUT2D eigenvalue weighted by atomic mass is 10.3. The van der Waals surface area contributed by atoms with Crippen LogP contribution in [0.5, 0.6) is 0 Å². The fourth-order valence-electron chi connectivity index (χ4n) is 0.922. The van der Waals surface area contributed by atoms with Crippen LogP contribution in [0.2, 0.25) is 0 Å². The number of rotatable bonds is 2. The molecular weight excluding hydrogens is 150 g/mol. The van der Waals surface area contributed by atoms with Crippen molar-refractivity contribution in [3.8, 4) is 6.07 Å². The van der Waals surface area contributed by atoms with Crippen molar-refractivity contribution in [3.05, 3.63) is 24.0 Å². The first kappa shape index (κ1) is 8.54. The molecule has 12 heavy (non-hydrogen) atoms. The van der Waals surface area contributed by atoms with Crippen LogP contribution in [0.1, 0.15) is 19.5 Å². The number of nitrogens with zero attached hydrogens (tertiary/aromatic N) is 2. The molecule has 0 fully saturated rings. The van der Waals surface area contributed by atoms with Crippen LogP contribution in [0.4, 0.5) is 5.69 Å². The molecule has 1 aromatic rings. The molecule has 0 spiro atoms. The highest BCUT2D eigenvalue weighted by Crippen LogP contribution is 2.11. The number of hydrogen-bond acceptors (Lipinski definition) is 3. The molecule has 0 aliphatic heterocycles. The molecule has 0 atom stereocenters. The molecule has 3 heteroatoms. The van der Waals surface area contributed by atoms with Crippen LogP contribution in [-0.2, 0) is 0 Å². The average Bonchev–Trinajstić information content (AvgIpc) is 2.04. The van der Waals surface area contributed by atoms with E-state index in [-0.39, 0.29) is 0 Å². The SMILES string of the molecule is CC(C)Nc1cccnc1C#N. The summed E-state index contributed by atoms with van der Waals surface area (Å²) in [6.07, 6.45) is 1.62. The first-order chi connectivity index (χ1) is 5.74. The lowest BCUT2D eigenvalue weighted by Crippen LogP contribution is -2.11. The Bertz CT molecular complexity index is 299. The zero-order valence-electron chi connectivity index (χ0n) is 7.20.